The van der Waals surface area contributed by atoms with E-state index in [1.165, 1.54) is 12.1 Å². The summed E-state index contributed by atoms with van der Waals surface area (Å²) >= 11 is 0. The lowest BCUT2D eigenvalue weighted by molar-refractivity contribution is -0.136. The van der Waals surface area contributed by atoms with Gasteiger partial charge in [0.1, 0.15) is 11.9 Å². The molecule has 8 rings (SSSR count). The van der Waals surface area contributed by atoms with Crippen LogP contribution < -0.4 is 26.4 Å². The minimum atomic E-state index is -1.10. The predicted octanol–water partition coefficient (Wildman–Crippen LogP) is 3.48. The molecule has 3 aromatic heterocycles. The number of aryl methyl sites for hydroxylation is 2. The second kappa shape index (κ2) is 18.4. The number of rotatable bonds is 14. The molecule has 2 aromatic carbocycles. The fourth-order valence-corrected chi connectivity index (χ4v) is 8.53. The maximum absolute atomic E-state index is 13.5. The van der Waals surface area contributed by atoms with E-state index in [-0.39, 0.29) is 66.7 Å². The van der Waals surface area contributed by atoms with E-state index in [2.05, 4.69) is 49.7 Å². The summed E-state index contributed by atoms with van der Waals surface area (Å²) in [5.74, 6) is -2.35. The molecule has 3 aliphatic rings. The van der Waals surface area contributed by atoms with Gasteiger partial charge in [0.2, 0.25) is 17.7 Å². The number of imide groups is 2. The zero-order valence-corrected chi connectivity index (χ0v) is 36.2. The number of amides is 6. The Morgan fingerprint density at radius 2 is 1.72 bits per heavy atom. The van der Waals surface area contributed by atoms with Gasteiger partial charge >= 0.3 is 0 Å². The molecule has 0 aliphatic carbocycles. The van der Waals surface area contributed by atoms with Crippen LogP contribution in [0.5, 0.6) is 0 Å². The molecule has 0 saturated carbocycles. The molecular weight excluding hydrogens is 821 g/mol. The van der Waals surface area contributed by atoms with Crippen LogP contribution in [0.4, 0.5) is 11.5 Å². The second-order valence-electron chi connectivity index (χ2n) is 16.6. The van der Waals surface area contributed by atoms with Gasteiger partial charge in [-0.3, -0.25) is 53.4 Å². The summed E-state index contributed by atoms with van der Waals surface area (Å²) in [6.45, 7) is 12.2. The van der Waals surface area contributed by atoms with Crippen LogP contribution in [0.25, 0.3) is 22.0 Å². The highest BCUT2D eigenvalue weighted by Crippen LogP contribution is 2.34. The van der Waals surface area contributed by atoms with Crippen molar-refractivity contribution in [3.8, 4) is 11.1 Å². The van der Waals surface area contributed by atoms with Crippen molar-refractivity contribution in [2.45, 2.75) is 65.6 Å². The Kier molecular flexibility index (Phi) is 12.5. The third-order valence-corrected chi connectivity index (χ3v) is 11.9. The number of anilines is 2. The maximum Gasteiger partial charge on any atom is 0.264 e. The molecular formula is C46H50N10O8. The van der Waals surface area contributed by atoms with Gasteiger partial charge in [-0.25, -0.2) is 4.98 Å². The van der Waals surface area contributed by atoms with Crippen LogP contribution in [0.1, 0.15) is 87.0 Å². The number of fused-ring (bicyclic) bond motifs is 2. The number of benzene rings is 2. The first-order valence-electron chi connectivity index (χ1n) is 21.4. The minimum Gasteiger partial charge on any atom is -0.380 e. The number of carbonyl (C=O) groups is 6. The van der Waals surface area contributed by atoms with Gasteiger partial charge in [0.15, 0.2) is 0 Å². The molecule has 332 valence electrons. The highest BCUT2D eigenvalue weighted by Gasteiger charge is 2.45. The highest BCUT2D eigenvalue weighted by atomic mass is 16.5. The van der Waals surface area contributed by atoms with E-state index in [1.807, 2.05) is 55.1 Å². The maximum atomic E-state index is 13.5. The number of nitrogens with zero attached hydrogens (tertiary/aromatic N) is 6. The molecule has 18 nitrogen and oxygen atoms in total. The van der Waals surface area contributed by atoms with Crippen molar-refractivity contribution in [2.24, 2.45) is 0 Å². The summed E-state index contributed by atoms with van der Waals surface area (Å²) in [5, 5.41) is 13.3. The smallest absolute Gasteiger partial charge is 0.264 e. The third-order valence-electron chi connectivity index (χ3n) is 11.9. The summed E-state index contributed by atoms with van der Waals surface area (Å²) in [7, 11) is 0. The molecule has 18 heteroatoms. The SMILES string of the molecule is Cc1cc(C)c(CNC(=O)c2cc(-c3ccc(N4CCN(CCOCCC(=O)Nc5cccc6c5C(=O)N(C5CCC(=O)NC5=O)C6=O)CC4)nc3)c3c(cnn3C(C)C)c2)c(=O)[nH]1. The van der Waals surface area contributed by atoms with Gasteiger partial charge in [-0.2, -0.15) is 5.10 Å². The summed E-state index contributed by atoms with van der Waals surface area (Å²) in [4.78, 5) is 103. The fourth-order valence-electron chi connectivity index (χ4n) is 8.53. The van der Waals surface area contributed by atoms with Gasteiger partial charge in [-0.15, -0.1) is 0 Å². The van der Waals surface area contributed by atoms with Gasteiger partial charge in [-0.1, -0.05) is 6.07 Å². The molecule has 4 N–H and O–H groups in total. The van der Waals surface area contributed by atoms with Crippen molar-refractivity contribution < 1.29 is 33.5 Å². The third kappa shape index (κ3) is 8.91. The number of aromatic nitrogens is 4. The number of carbonyl (C=O) groups excluding carboxylic acids is 6. The summed E-state index contributed by atoms with van der Waals surface area (Å²) in [6.07, 6.45) is 3.67. The van der Waals surface area contributed by atoms with E-state index < -0.39 is 35.6 Å². The van der Waals surface area contributed by atoms with Crippen molar-refractivity contribution in [2.75, 3.05) is 56.2 Å². The Morgan fingerprint density at radius 3 is 2.44 bits per heavy atom. The first-order chi connectivity index (χ1) is 30.8. The molecule has 0 radical (unpaired) electrons. The molecule has 0 bridgehead atoms. The molecule has 2 fully saturated rings. The standard InChI is InChI=1S/C46H50N10O8/c1-26(2)56-41-31(24-49-56)21-30(42(59)48-25-34-27(3)20-28(4)50-43(34)60)22-33(41)29-8-10-37(47-23-29)54-15-13-53(14-16-54)17-19-64-18-12-39(58)51-35-7-5-6-32-40(35)46(63)55(45(32)62)36-9-11-38(57)52-44(36)61/h5-8,10,20-24,26,36H,9,11-19,25H2,1-4H3,(H,48,59)(H,50,60)(H,51,58)(H,52,57,61). The molecule has 5 aromatic rings. The lowest BCUT2D eigenvalue weighted by Crippen LogP contribution is -2.54. The average Bonchev–Trinajstić information content (AvgIpc) is 3.81. The van der Waals surface area contributed by atoms with Crippen molar-refractivity contribution >= 4 is 57.9 Å². The van der Waals surface area contributed by atoms with Gasteiger partial charge in [-0.05, 0) is 82.1 Å². The van der Waals surface area contributed by atoms with Crippen LogP contribution in [0.3, 0.4) is 0 Å². The number of piperidine rings is 1. The number of hydrogen-bond donors (Lipinski definition) is 4. The Hall–Kier alpha value is -7.05. The average molecular weight is 871 g/mol. The van der Waals surface area contributed by atoms with E-state index in [9.17, 15) is 33.6 Å². The van der Waals surface area contributed by atoms with E-state index in [4.69, 9.17) is 9.72 Å². The van der Waals surface area contributed by atoms with Crippen molar-refractivity contribution in [1.29, 1.82) is 0 Å². The Labute approximate surface area is 368 Å². The van der Waals surface area contributed by atoms with Crippen LogP contribution in [0.15, 0.2) is 65.7 Å². The molecule has 6 heterocycles. The lowest BCUT2D eigenvalue weighted by Gasteiger charge is -2.35. The van der Waals surface area contributed by atoms with Gasteiger partial charge in [0.25, 0.3) is 23.3 Å². The van der Waals surface area contributed by atoms with Gasteiger partial charge in [0, 0.05) is 91.3 Å². The van der Waals surface area contributed by atoms with Gasteiger partial charge < -0.3 is 25.3 Å². The zero-order valence-electron chi connectivity index (χ0n) is 36.2. The molecule has 1 atom stereocenters. The van der Waals surface area contributed by atoms with Crippen molar-refractivity contribution in [1.82, 2.24) is 40.2 Å². The van der Waals surface area contributed by atoms with Crippen LogP contribution >= 0.6 is 0 Å². The van der Waals surface area contributed by atoms with Crippen LogP contribution in [0.2, 0.25) is 0 Å². The topological polar surface area (TPSA) is 221 Å². The monoisotopic (exact) mass is 870 g/mol. The number of hydrogen-bond acceptors (Lipinski definition) is 12. The van der Waals surface area contributed by atoms with E-state index in [1.54, 1.807) is 12.3 Å². The normalized spacial score (nSPS) is 16.7. The van der Waals surface area contributed by atoms with Crippen LogP contribution in [0, 0.1) is 13.8 Å². The summed E-state index contributed by atoms with van der Waals surface area (Å²) in [5.41, 5.74) is 5.17. The first kappa shape index (κ1) is 43.6. The first-order valence-corrected chi connectivity index (χ1v) is 21.4. The number of H-pyrrole nitrogens is 1. The van der Waals surface area contributed by atoms with Crippen LogP contribution in [-0.4, -0.2) is 117 Å². The Morgan fingerprint density at radius 1 is 0.922 bits per heavy atom. The Bertz CT molecular complexity index is 2730. The largest absolute Gasteiger partial charge is 0.380 e. The molecule has 0 spiro atoms. The van der Waals surface area contributed by atoms with E-state index >= 15 is 0 Å². The molecule has 6 amide bonds. The number of aromatic amines is 1. The number of piperazine rings is 1. The quantitative estimate of drug-likeness (QED) is 0.0931. The van der Waals surface area contributed by atoms with E-state index in [0.717, 1.165) is 70.2 Å². The number of pyridine rings is 2. The zero-order chi connectivity index (χ0) is 45.2. The highest BCUT2D eigenvalue weighted by molar-refractivity contribution is 6.26. The summed E-state index contributed by atoms with van der Waals surface area (Å²) < 4.78 is 7.74. The van der Waals surface area contributed by atoms with Crippen LogP contribution in [-0.2, 0) is 25.7 Å². The molecule has 2 saturated heterocycles. The van der Waals surface area contributed by atoms with Crippen molar-refractivity contribution in [3.63, 3.8) is 0 Å². The second-order valence-corrected chi connectivity index (χ2v) is 16.6. The Balaban J connectivity index is 0.819. The molecule has 64 heavy (non-hydrogen) atoms. The van der Waals surface area contributed by atoms with Crippen molar-refractivity contribution in [3.05, 3.63) is 105 Å². The lowest BCUT2D eigenvalue weighted by atomic mass is 10.00. The number of nitrogens with one attached hydrogen (secondary N) is 4. The predicted molar refractivity (Wildman–Crippen MR) is 237 cm³/mol. The minimum absolute atomic E-state index is 0.0114. The van der Waals surface area contributed by atoms with Gasteiger partial charge in [0.05, 0.1) is 48.2 Å². The van der Waals surface area contributed by atoms with E-state index in [0.29, 0.717) is 24.3 Å². The molecule has 3 aliphatic heterocycles. The molecule has 1 unspecified atom stereocenters. The summed E-state index contributed by atoms with van der Waals surface area (Å²) in [6, 6.07) is 13.1. The number of ether oxygens (including phenoxy) is 1. The fraction of sp³-hybridized carbons (Fsp3) is 0.370.